The highest BCUT2D eigenvalue weighted by Crippen LogP contribution is 2.24. The number of nitrogens with zero attached hydrogens (tertiary/aromatic N) is 3. The van der Waals surface area contributed by atoms with Gasteiger partial charge >= 0.3 is 0 Å². The summed E-state index contributed by atoms with van der Waals surface area (Å²) in [5.41, 5.74) is 1.65. The Hall–Kier alpha value is -2.75. The third kappa shape index (κ3) is 4.23. The van der Waals surface area contributed by atoms with E-state index in [1.807, 2.05) is 30.3 Å². The van der Waals surface area contributed by atoms with E-state index in [1.165, 1.54) is 22.5 Å². The van der Waals surface area contributed by atoms with Gasteiger partial charge in [-0.1, -0.05) is 17.3 Å². The van der Waals surface area contributed by atoms with Crippen LogP contribution in [0.3, 0.4) is 0 Å². The van der Waals surface area contributed by atoms with Crippen molar-refractivity contribution in [2.75, 3.05) is 33.3 Å². The van der Waals surface area contributed by atoms with Crippen molar-refractivity contribution in [1.29, 1.82) is 0 Å². The van der Waals surface area contributed by atoms with Gasteiger partial charge in [-0.15, -0.1) is 0 Å². The molecule has 0 N–H and O–H groups in total. The number of rotatable bonds is 6. The number of halogens is 1. The Morgan fingerprint density at radius 1 is 1.07 bits per heavy atom. The van der Waals surface area contributed by atoms with E-state index in [0.29, 0.717) is 25.4 Å². The van der Waals surface area contributed by atoms with Gasteiger partial charge in [-0.2, -0.15) is 4.31 Å². The molecule has 9 heteroatoms. The molecule has 0 aliphatic carbocycles. The predicted octanol–water partition coefficient (Wildman–Crippen LogP) is 3.00. The molecule has 158 valence electrons. The average Bonchev–Trinajstić information content (AvgIpc) is 3.23. The number of piperazine rings is 1. The zero-order valence-corrected chi connectivity index (χ0v) is 17.3. The summed E-state index contributed by atoms with van der Waals surface area (Å²) in [5, 5.41) is 4.12. The van der Waals surface area contributed by atoms with Gasteiger partial charge in [-0.3, -0.25) is 4.90 Å². The molecular formula is C21H22FN3O4S. The molecule has 0 unspecified atom stereocenters. The van der Waals surface area contributed by atoms with E-state index in [9.17, 15) is 12.8 Å². The van der Waals surface area contributed by atoms with Crippen LogP contribution in [0.5, 0.6) is 5.75 Å². The molecule has 4 rings (SSSR count). The van der Waals surface area contributed by atoms with Gasteiger partial charge in [0.15, 0.2) is 5.76 Å². The van der Waals surface area contributed by atoms with Crippen molar-refractivity contribution in [2.45, 2.75) is 11.4 Å². The predicted molar refractivity (Wildman–Crippen MR) is 109 cm³/mol. The normalized spacial score (nSPS) is 15.9. The van der Waals surface area contributed by atoms with Gasteiger partial charge < -0.3 is 9.26 Å². The topological polar surface area (TPSA) is 75.9 Å². The maximum Gasteiger partial charge on any atom is 0.246 e. The molecule has 0 radical (unpaired) electrons. The number of methoxy groups -OCH3 is 1. The molecule has 1 fully saturated rings. The fourth-order valence-electron chi connectivity index (χ4n) is 3.43. The summed E-state index contributed by atoms with van der Waals surface area (Å²) in [6.45, 7) is 2.14. The van der Waals surface area contributed by atoms with Crippen molar-refractivity contribution in [3.8, 4) is 17.0 Å². The number of hydrogen-bond acceptors (Lipinski definition) is 6. The largest absolute Gasteiger partial charge is 0.497 e. The van der Waals surface area contributed by atoms with E-state index in [2.05, 4.69) is 10.1 Å². The summed E-state index contributed by atoms with van der Waals surface area (Å²) in [6, 6.07) is 14.9. The van der Waals surface area contributed by atoms with E-state index >= 15 is 0 Å². The molecule has 3 aromatic rings. The van der Waals surface area contributed by atoms with E-state index in [0.717, 1.165) is 23.1 Å². The molecule has 0 atom stereocenters. The highest BCUT2D eigenvalue weighted by atomic mass is 32.2. The van der Waals surface area contributed by atoms with Crippen LogP contribution in [0.25, 0.3) is 11.3 Å². The molecule has 2 heterocycles. The maximum absolute atomic E-state index is 13.9. The molecule has 0 amide bonds. The van der Waals surface area contributed by atoms with Gasteiger partial charge in [0.25, 0.3) is 0 Å². The summed E-state index contributed by atoms with van der Waals surface area (Å²) in [6.07, 6.45) is 0. The molecular weight excluding hydrogens is 409 g/mol. The Labute approximate surface area is 174 Å². The molecule has 0 spiro atoms. The lowest BCUT2D eigenvalue weighted by atomic mass is 10.1. The summed E-state index contributed by atoms with van der Waals surface area (Å²) < 4.78 is 51.3. The number of hydrogen-bond donors (Lipinski definition) is 0. The van der Waals surface area contributed by atoms with Crippen molar-refractivity contribution in [3.05, 3.63) is 66.2 Å². The fourth-order valence-corrected chi connectivity index (χ4v) is 4.91. The van der Waals surface area contributed by atoms with Crippen LogP contribution in [-0.2, 0) is 16.6 Å². The second-order valence-electron chi connectivity index (χ2n) is 7.02. The molecule has 1 aliphatic rings. The highest BCUT2D eigenvalue weighted by Gasteiger charge is 2.30. The van der Waals surface area contributed by atoms with Gasteiger partial charge in [0.05, 0.1) is 13.7 Å². The summed E-state index contributed by atoms with van der Waals surface area (Å²) in [4.78, 5) is 1.81. The minimum Gasteiger partial charge on any atom is -0.497 e. The molecule has 0 saturated carbocycles. The Balaban J connectivity index is 1.37. The molecule has 2 aromatic carbocycles. The number of ether oxygens (including phenoxy) is 1. The van der Waals surface area contributed by atoms with Gasteiger partial charge in [0.1, 0.15) is 22.2 Å². The van der Waals surface area contributed by atoms with Gasteiger partial charge in [0, 0.05) is 37.8 Å². The molecule has 1 aliphatic heterocycles. The average molecular weight is 431 g/mol. The second kappa shape index (κ2) is 8.55. The molecule has 7 nitrogen and oxygen atoms in total. The monoisotopic (exact) mass is 431 g/mol. The number of benzene rings is 2. The van der Waals surface area contributed by atoms with E-state index < -0.39 is 15.8 Å². The Morgan fingerprint density at radius 3 is 2.43 bits per heavy atom. The van der Waals surface area contributed by atoms with Crippen molar-refractivity contribution in [3.63, 3.8) is 0 Å². The standard InChI is InChI=1S/C21H22FN3O4S/c1-28-17-8-6-16(7-9-17)20-14-18(29-23-20)15-24-10-12-25(13-11-24)30(26,27)21-5-3-2-4-19(21)22/h2-9,14H,10-13,15H2,1H3. The first kappa shape index (κ1) is 20.5. The quantitative estimate of drug-likeness (QED) is 0.597. The lowest BCUT2D eigenvalue weighted by Gasteiger charge is -2.33. The Morgan fingerprint density at radius 2 is 1.77 bits per heavy atom. The zero-order valence-electron chi connectivity index (χ0n) is 16.5. The van der Waals surface area contributed by atoms with Crippen LogP contribution in [0, 0.1) is 5.82 Å². The zero-order chi connectivity index (χ0) is 21.1. The molecule has 0 bridgehead atoms. The summed E-state index contributed by atoms with van der Waals surface area (Å²) in [5.74, 6) is 0.740. The molecule has 1 saturated heterocycles. The van der Waals surface area contributed by atoms with Crippen LogP contribution in [-0.4, -0.2) is 56.1 Å². The van der Waals surface area contributed by atoms with Crippen molar-refractivity contribution in [1.82, 2.24) is 14.4 Å². The van der Waals surface area contributed by atoms with Crippen LogP contribution in [0.1, 0.15) is 5.76 Å². The molecule has 30 heavy (non-hydrogen) atoms. The van der Waals surface area contributed by atoms with Crippen LogP contribution in [0.4, 0.5) is 4.39 Å². The summed E-state index contributed by atoms with van der Waals surface area (Å²) >= 11 is 0. The number of aromatic nitrogens is 1. The van der Waals surface area contributed by atoms with Crippen molar-refractivity contribution >= 4 is 10.0 Å². The smallest absolute Gasteiger partial charge is 0.246 e. The number of sulfonamides is 1. The van der Waals surface area contributed by atoms with E-state index in [1.54, 1.807) is 7.11 Å². The molecule has 1 aromatic heterocycles. The lowest BCUT2D eigenvalue weighted by molar-refractivity contribution is 0.166. The van der Waals surface area contributed by atoms with Gasteiger partial charge in [-0.05, 0) is 36.4 Å². The van der Waals surface area contributed by atoms with Crippen LogP contribution in [0.2, 0.25) is 0 Å². The highest BCUT2D eigenvalue weighted by molar-refractivity contribution is 7.89. The SMILES string of the molecule is COc1ccc(-c2cc(CN3CCN(S(=O)(=O)c4ccccc4F)CC3)on2)cc1. The third-order valence-corrected chi connectivity index (χ3v) is 7.04. The van der Waals surface area contributed by atoms with Crippen LogP contribution >= 0.6 is 0 Å². The van der Waals surface area contributed by atoms with E-state index in [4.69, 9.17) is 9.26 Å². The fraction of sp³-hybridized carbons (Fsp3) is 0.286. The Kier molecular flexibility index (Phi) is 5.85. The van der Waals surface area contributed by atoms with Gasteiger partial charge in [-0.25, -0.2) is 12.8 Å². The minimum atomic E-state index is -3.84. The van der Waals surface area contributed by atoms with Crippen LogP contribution < -0.4 is 4.74 Å². The summed E-state index contributed by atoms with van der Waals surface area (Å²) in [7, 11) is -2.23. The lowest BCUT2D eigenvalue weighted by Crippen LogP contribution is -2.48. The first-order valence-electron chi connectivity index (χ1n) is 9.54. The Bertz CT molecular complexity index is 1110. The maximum atomic E-state index is 13.9. The first-order valence-corrected chi connectivity index (χ1v) is 11.0. The van der Waals surface area contributed by atoms with Gasteiger partial charge in [0.2, 0.25) is 10.0 Å². The van der Waals surface area contributed by atoms with Crippen molar-refractivity contribution in [2.24, 2.45) is 0 Å². The van der Waals surface area contributed by atoms with Crippen molar-refractivity contribution < 1.29 is 22.1 Å². The van der Waals surface area contributed by atoms with Crippen LogP contribution in [0.15, 0.2) is 64.0 Å². The minimum absolute atomic E-state index is 0.280. The van der Waals surface area contributed by atoms with E-state index in [-0.39, 0.29) is 18.0 Å². The first-order chi connectivity index (χ1) is 14.5. The second-order valence-corrected chi connectivity index (χ2v) is 8.92. The third-order valence-electron chi connectivity index (χ3n) is 5.11.